The highest BCUT2D eigenvalue weighted by molar-refractivity contribution is 7.99. The van der Waals surface area contributed by atoms with Crippen LogP contribution in [0, 0.1) is 0 Å². The molecule has 0 aromatic heterocycles. The zero-order chi connectivity index (χ0) is 20.6. The van der Waals surface area contributed by atoms with Crippen LogP contribution in [0.1, 0.15) is 38.2 Å². The molecule has 1 amide bonds. The number of hydrogen-bond donors (Lipinski definition) is 0. The fourth-order valence-electron chi connectivity index (χ4n) is 3.64. The quantitative estimate of drug-likeness (QED) is 0.523. The van der Waals surface area contributed by atoms with E-state index in [4.69, 9.17) is 25.8 Å². The number of halogens is 1. The lowest BCUT2D eigenvalue weighted by atomic mass is 10.1. The molecule has 29 heavy (non-hydrogen) atoms. The van der Waals surface area contributed by atoms with E-state index in [0.717, 1.165) is 49.4 Å². The van der Waals surface area contributed by atoms with Crippen molar-refractivity contribution in [2.24, 2.45) is 0 Å². The van der Waals surface area contributed by atoms with Gasteiger partial charge in [-0.2, -0.15) is 11.8 Å². The van der Waals surface area contributed by atoms with Gasteiger partial charge in [-0.1, -0.05) is 18.5 Å². The van der Waals surface area contributed by atoms with Gasteiger partial charge in [-0.15, -0.1) is 0 Å². The third-order valence-electron chi connectivity index (χ3n) is 5.17. The molecule has 2 fully saturated rings. The summed E-state index contributed by atoms with van der Waals surface area (Å²) in [6.07, 6.45) is 7.62. The lowest BCUT2D eigenvalue weighted by molar-refractivity contribution is -0.129. The second-order valence-electron chi connectivity index (χ2n) is 7.36. The van der Waals surface area contributed by atoms with Crippen LogP contribution in [0.5, 0.6) is 11.5 Å². The molecule has 5 nitrogen and oxygen atoms in total. The predicted octanol–water partition coefficient (Wildman–Crippen LogP) is 4.66. The zero-order valence-corrected chi connectivity index (χ0v) is 18.8. The van der Waals surface area contributed by atoms with Gasteiger partial charge in [-0.3, -0.25) is 4.79 Å². The van der Waals surface area contributed by atoms with Crippen molar-refractivity contribution >= 4 is 35.3 Å². The minimum absolute atomic E-state index is 0.0226. The minimum atomic E-state index is 0.0226. The van der Waals surface area contributed by atoms with Crippen molar-refractivity contribution in [2.75, 3.05) is 38.4 Å². The number of nitrogens with zero attached hydrogens (tertiary/aromatic N) is 1. The number of benzene rings is 1. The summed E-state index contributed by atoms with van der Waals surface area (Å²) in [5.41, 5.74) is 0.807. The first-order valence-corrected chi connectivity index (χ1v) is 11.8. The van der Waals surface area contributed by atoms with E-state index >= 15 is 0 Å². The minimum Gasteiger partial charge on any atom is -0.493 e. The molecule has 0 bridgehead atoms. The molecule has 2 aliphatic rings. The summed E-state index contributed by atoms with van der Waals surface area (Å²) < 4.78 is 16.9. The van der Waals surface area contributed by atoms with E-state index < -0.39 is 0 Å². The van der Waals surface area contributed by atoms with Gasteiger partial charge in [0.15, 0.2) is 11.5 Å². The third-order valence-corrected chi connectivity index (χ3v) is 6.60. The summed E-state index contributed by atoms with van der Waals surface area (Å²) >= 11 is 8.30. The Morgan fingerprint density at radius 2 is 2.28 bits per heavy atom. The molecule has 0 radical (unpaired) electrons. The van der Waals surface area contributed by atoms with Crippen molar-refractivity contribution in [2.45, 2.75) is 44.8 Å². The molecule has 0 saturated carbocycles. The van der Waals surface area contributed by atoms with E-state index in [1.165, 1.54) is 0 Å². The fourth-order valence-corrected chi connectivity index (χ4v) is 5.14. The number of carbonyl (C=O) groups excluding carboxylic acids is 1. The molecule has 1 aromatic rings. The average molecular weight is 440 g/mol. The molecule has 160 valence electrons. The highest BCUT2D eigenvalue weighted by atomic mass is 35.5. The SMILES string of the molecule is CCCOc1c(Cl)cc(/C=C/C(=O)N(CC2CCCO2)C2CCSC2)cc1OC. The summed E-state index contributed by atoms with van der Waals surface area (Å²) in [6, 6.07) is 3.93. The Balaban J connectivity index is 1.73. The Bertz CT molecular complexity index is 715. The summed E-state index contributed by atoms with van der Waals surface area (Å²) in [7, 11) is 1.59. The van der Waals surface area contributed by atoms with Crippen molar-refractivity contribution in [3.8, 4) is 11.5 Å². The van der Waals surface area contributed by atoms with Crippen molar-refractivity contribution in [1.29, 1.82) is 0 Å². The molecule has 0 spiro atoms. The van der Waals surface area contributed by atoms with E-state index in [0.29, 0.717) is 29.7 Å². The zero-order valence-electron chi connectivity index (χ0n) is 17.2. The van der Waals surface area contributed by atoms with Gasteiger partial charge in [0.05, 0.1) is 24.8 Å². The van der Waals surface area contributed by atoms with Gasteiger partial charge in [0.25, 0.3) is 0 Å². The van der Waals surface area contributed by atoms with Crippen LogP contribution in [-0.4, -0.2) is 61.3 Å². The van der Waals surface area contributed by atoms with Crippen molar-refractivity contribution in [1.82, 2.24) is 4.90 Å². The monoisotopic (exact) mass is 439 g/mol. The normalized spacial score (nSPS) is 21.6. The second-order valence-corrected chi connectivity index (χ2v) is 8.92. The summed E-state index contributed by atoms with van der Waals surface area (Å²) in [6.45, 7) is 4.07. The maximum Gasteiger partial charge on any atom is 0.246 e. The standard InChI is InChI=1S/C22H30ClNO4S/c1-3-9-28-22-19(23)12-16(13-20(22)26-2)6-7-21(25)24(17-8-11-29-15-17)14-18-5-4-10-27-18/h6-7,12-13,17-18H,3-5,8-11,14-15H2,1-2H3/b7-6+. The van der Waals surface area contributed by atoms with Gasteiger partial charge in [-0.05, 0) is 55.2 Å². The molecule has 2 unspecified atom stereocenters. The summed E-state index contributed by atoms with van der Waals surface area (Å²) in [4.78, 5) is 15.0. The molecular formula is C22H30ClNO4S. The largest absolute Gasteiger partial charge is 0.493 e. The van der Waals surface area contributed by atoms with E-state index in [2.05, 4.69) is 0 Å². The van der Waals surface area contributed by atoms with E-state index in [-0.39, 0.29) is 18.1 Å². The van der Waals surface area contributed by atoms with Gasteiger partial charge in [0, 0.05) is 31.0 Å². The number of thioether (sulfide) groups is 1. The maximum absolute atomic E-state index is 13.0. The van der Waals surface area contributed by atoms with Gasteiger partial charge in [0.1, 0.15) is 0 Å². The molecule has 2 heterocycles. The first-order valence-electron chi connectivity index (χ1n) is 10.3. The average Bonchev–Trinajstić information content (AvgIpc) is 3.43. The Hall–Kier alpha value is -1.37. The van der Waals surface area contributed by atoms with Gasteiger partial charge < -0.3 is 19.1 Å². The number of amides is 1. The first-order chi connectivity index (χ1) is 14.1. The molecular weight excluding hydrogens is 410 g/mol. The lowest BCUT2D eigenvalue weighted by Crippen LogP contribution is -2.43. The van der Waals surface area contributed by atoms with Crippen LogP contribution in [0.25, 0.3) is 6.08 Å². The molecule has 2 atom stereocenters. The predicted molar refractivity (Wildman–Crippen MR) is 119 cm³/mol. The summed E-state index contributed by atoms with van der Waals surface area (Å²) in [5, 5.41) is 0.480. The lowest BCUT2D eigenvalue weighted by Gasteiger charge is -2.29. The molecule has 3 rings (SSSR count). The molecule has 2 saturated heterocycles. The molecule has 2 aliphatic heterocycles. The number of rotatable bonds is 9. The van der Waals surface area contributed by atoms with Crippen LogP contribution >= 0.6 is 23.4 Å². The number of carbonyl (C=O) groups is 1. The smallest absolute Gasteiger partial charge is 0.246 e. The van der Waals surface area contributed by atoms with Crippen LogP contribution in [0.2, 0.25) is 5.02 Å². The number of hydrogen-bond acceptors (Lipinski definition) is 5. The van der Waals surface area contributed by atoms with E-state index in [9.17, 15) is 4.79 Å². The molecule has 0 N–H and O–H groups in total. The van der Waals surface area contributed by atoms with Crippen LogP contribution in [0.3, 0.4) is 0 Å². The molecule has 7 heteroatoms. The van der Waals surface area contributed by atoms with Gasteiger partial charge in [-0.25, -0.2) is 0 Å². The number of ether oxygens (including phenoxy) is 3. The maximum atomic E-state index is 13.0. The first kappa shape index (κ1) is 22.3. The van der Waals surface area contributed by atoms with Gasteiger partial charge >= 0.3 is 0 Å². The van der Waals surface area contributed by atoms with E-state index in [1.807, 2.05) is 29.7 Å². The molecule has 1 aromatic carbocycles. The van der Waals surface area contributed by atoms with Crippen LogP contribution in [0.4, 0.5) is 0 Å². The fraction of sp³-hybridized carbons (Fsp3) is 0.591. The van der Waals surface area contributed by atoms with E-state index in [1.54, 1.807) is 25.3 Å². The second kappa shape index (κ2) is 11.1. The number of methoxy groups -OCH3 is 1. The Morgan fingerprint density at radius 1 is 1.41 bits per heavy atom. The van der Waals surface area contributed by atoms with Crippen molar-refractivity contribution < 1.29 is 19.0 Å². The third kappa shape index (κ3) is 6.06. The topological polar surface area (TPSA) is 48.0 Å². The Morgan fingerprint density at radius 3 is 2.93 bits per heavy atom. The van der Waals surface area contributed by atoms with Crippen LogP contribution in [-0.2, 0) is 9.53 Å². The van der Waals surface area contributed by atoms with Crippen molar-refractivity contribution in [3.05, 3.63) is 28.8 Å². The van der Waals surface area contributed by atoms with Crippen LogP contribution in [0.15, 0.2) is 18.2 Å². The van der Waals surface area contributed by atoms with Gasteiger partial charge in [0.2, 0.25) is 5.91 Å². The van der Waals surface area contributed by atoms with Crippen molar-refractivity contribution in [3.63, 3.8) is 0 Å². The summed E-state index contributed by atoms with van der Waals surface area (Å²) in [5.74, 6) is 3.24. The highest BCUT2D eigenvalue weighted by Gasteiger charge is 2.29. The highest BCUT2D eigenvalue weighted by Crippen LogP contribution is 2.37. The van der Waals surface area contributed by atoms with Crippen LogP contribution < -0.4 is 9.47 Å². The molecule has 0 aliphatic carbocycles. The Labute approximate surface area is 182 Å². The Kier molecular flexibility index (Phi) is 8.57.